The van der Waals surface area contributed by atoms with Crippen molar-refractivity contribution in [3.8, 4) is 0 Å². The second kappa shape index (κ2) is 6.05. The van der Waals surface area contributed by atoms with Gasteiger partial charge in [0.2, 0.25) is 0 Å². The van der Waals surface area contributed by atoms with E-state index in [0.29, 0.717) is 18.7 Å². The summed E-state index contributed by atoms with van der Waals surface area (Å²) in [6.45, 7) is 1.14. The van der Waals surface area contributed by atoms with Crippen LogP contribution >= 0.6 is 11.8 Å². The van der Waals surface area contributed by atoms with Crippen LogP contribution in [0.2, 0.25) is 0 Å². The Morgan fingerprint density at radius 1 is 1.30 bits per heavy atom. The first-order chi connectivity index (χ1) is 9.35. The Kier molecular flexibility index (Phi) is 4.59. The Morgan fingerprint density at radius 2 is 1.95 bits per heavy atom. The molecule has 0 saturated carbocycles. The van der Waals surface area contributed by atoms with Gasteiger partial charge in [-0.1, -0.05) is 0 Å². The van der Waals surface area contributed by atoms with Crippen LogP contribution in [0.3, 0.4) is 0 Å². The molecule has 0 aromatic heterocycles. The van der Waals surface area contributed by atoms with Crippen LogP contribution in [0, 0.1) is 0 Å². The molecule has 3 nitrogen and oxygen atoms in total. The summed E-state index contributed by atoms with van der Waals surface area (Å²) in [6.07, 6.45) is 1.75. The van der Waals surface area contributed by atoms with Gasteiger partial charge in [-0.3, -0.25) is 4.79 Å². The number of amides is 1. The normalized spacial score (nSPS) is 20.0. The lowest BCUT2D eigenvalue weighted by Gasteiger charge is -2.30. The van der Waals surface area contributed by atoms with E-state index in [1.165, 1.54) is 24.3 Å². The molecule has 2 N–H and O–H groups in total. The molecule has 1 fully saturated rings. The third-order valence-corrected chi connectivity index (χ3v) is 3.82. The van der Waals surface area contributed by atoms with Crippen molar-refractivity contribution < 1.29 is 18.0 Å². The number of likely N-dealkylation sites (tertiary alicyclic amines) is 1. The van der Waals surface area contributed by atoms with Gasteiger partial charge in [-0.25, -0.2) is 0 Å². The summed E-state index contributed by atoms with van der Waals surface area (Å²) in [4.78, 5) is 13.9. The fourth-order valence-electron chi connectivity index (χ4n) is 2.18. The highest BCUT2D eigenvalue weighted by Gasteiger charge is 2.29. The van der Waals surface area contributed by atoms with Crippen molar-refractivity contribution in [2.45, 2.75) is 29.3 Å². The Hall–Kier alpha value is -1.21. The molecular weight excluding hydrogens is 289 g/mol. The number of thioether (sulfide) groups is 1. The number of piperidine rings is 1. The molecule has 1 unspecified atom stereocenters. The predicted octanol–water partition coefficient (Wildman–Crippen LogP) is 2.86. The smallest absolute Gasteiger partial charge is 0.337 e. The lowest BCUT2D eigenvalue weighted by Crippen LogP contribution is -2.45. The first-order valence-electron chi connectivity index (χ1n) is 6.26. The molecule has 0 bridgehead atoms. The summed E-state index contributed by atoms with van der Waals surface area (Å²) >= 11 is -0.188. The van der Waals surface area contributed by atoms with Gasteiger partial charge in [0.25, 0.3) is 5.91 Å². The SMILES string of the molecule is NC1CCCN(C(=O)c2ccc(SC(F)(F)F)cc2)C1. The predicted molar refractivity (Wildman–Crippen MR) is 71.5 cm³/mol. The monoisotopic (exact) mass is 304 g/mol. The van der Waals surface area contributed by atoms with E-state index in [2.05, 4.69) is 0 Å². The van der Waals surface area contributed by atoms with Crippen LogP contribution in [0.4, 0.5) is 13.2 Å². The summed E-state index contributed by atoms with van der Waals surface area (Å²) in [7, 11) is 0. The number of hydrogen-bond donors (Lipinski definition) is 1. The minimum atomic E-state index is -4.31. The zero-order valence-electron chi connectivity index (χ0n) is 10.7. The van der Waals surface area contributed by atoms with Crippen molar-refractivity contribution in [3.63, 3.8) is 0 Å². The lowest BCUT2D eigenvalue weighted by atomic mass is 10.1. The van der Waals surface area contributed by atoms with Crippen molar-refractivity contribution in [1.29, 1.82) is 0 Å². The van der Waals surface area contributed by atoms with Crippen LogP contribution in [-0.2, 0) is 0 Å². The average Bonchev–Trinajstić information content (AvgIpc) is 2.37. The van der Waals surface area contributed by atoms with Gasteiger partial charge in [-0.2, -0.15) is 13.2 Å². The number of benzene rings is 1. The number of carbonyl (C=O) groups is 1. The van der Waals surface area contributed by atoms with E-state index in [-0.39, 0.29) is 28.6 Å². The Morgan fingerprint density at radius 3 is 2.50 bits per heavy atom. The first kappa shape index (κ1) is 15.2. The molecule has 1 aromatic carbocycles. The molecule has 2 rings (SSSR count). The zero-order valence-corrected chi connectivity index (χ0v) is 11.5. The van der Waals surface area contributed by atoms with E-state index in [1.807, 2.05) is 0 Å². The molecule has 0 spiro atoms. The van der Waals surface area contributed by atoms with Crippen molar-refractivity contribution in [2.24, 2.45) is 5.73 Å². The highest BCUT2D eigenvalue weighted by molar-refractivity contribution is 8.00. The maximum Gasteiger partial charge on any atom is 0.446 e. The number of nitrogens with two attached hydrogens (primary N) is 1. The lowest BCUT2D eigenvalue weighted by molar-refractivity contribution is -0.0328. The van der Waals surface area contributed by atoms with Crippen LogP contribution in [0.5, 0.6) is 0 Å². The van der Waals surface area contributed by atoms with Gasteiger partial charge in [-0.05, 0) is 48.9 Å². The molecule has 110 valence electrons. The quantitative estimate of drug-likeness (QED) is 0.855. The highest BCUT2D eigenvalue weighted by Crippen LogP contribution is 2.36. The van der Waals surface area contributed by atoms with E-state index in [1.54, 1.807) is 4.90 Å². The van der Waals surface area contributed by atoms with Gasteiger partial charge in [0.1, 0.15) is 0 Å². The van der Waals surface area contributed by atoms with E-state index in [0.717, 1.165) is 12.8 Å². The molecule has 1 aliphatic heterocycles. The van der Waals surface area contributed by atoms with Crippen LogP contribution in [-0.4, -0.2) is 35.4 Å². The van der Waals surface area contributed by atoms with E-state index >= 15 is 0 Å². The third kappa shape index (κ3) is 4.14. The zero-order chi connectivity index (χ0) is 14.8. The number of halogens is 3. The molecule has 0 aliphatic carbocycles. The van der Waals surface area contributed by atoms with Crippen molar-refractivity contribution >= 4 is 17.7 Å². The van der Waals surface area contributed by atoms with E-state index < -0.39 is 5.51 Å². The van der Waals surface area contributed by atoms with Gasteiger partial charge in [0.15, 0.2) is 0 Å². The first-order valence-corrected chi connectivity index (χ1v) is 7.07. The van der Waals surface area contributed by atoms with Crippen LogP contribution in [0.25, 0.3) is 0 Å². The molecule has 1 saturated heterocycles. The van der Waals surface area contributed by atoms with Gasteiger partial charge < -0.3 is 10.6 Å². The second-order valence-corrected chi connectivity index (χ2v) is 5.86. The molecule has 0 radical (unpaired) electrons. The highest BCUT2D eigenvalue weighted by atomic mass is 32.2. The van der Waals surface area contributed by atoms with Crippen LogP contribution in [0.1, 0.15) is 23.2 Å². The van der Waals surface area contributed by atoms with Gasteiger partial charge in [0.05, 0.1) is 0 Å². The van der Waals surface area contributed by atoms with Gasteiger partial charge in [0, 0.05) is 29.6 Å². The molecule has 7 heteroatoms. The maximum atomic E-state index is 12.2. The third-order valence-electron chi connectivity index (χ3n) is 3.08. The number of carbonyl (C=O) groups excluding carboxylic acids is 1. The second-order valence-electron chi connectivity index (χ2n) is 4.73. The van der Waals surface area contributed by atoms with Crippen molar-refractivity contribution in [2.75, 3.05) is 13.1 Å². The molecule has 1 atom stereocenters. The summed E-state index contributed by atoms with van der Waals surface area (Å²) in [5.74, 6) is -0.177. The fraction of sp³-hybridized carbons (Fsp3) is 0.462. The molecule has 1 heterocycles. The number of nitrogens with zero attached hydrogens (tertiary/aromatic N) is 1. The Balaban J connectivity index is 2.04. The number of alkyl halides is 3. The minimum absolute atomic E-state index is 0.0206. The van der Waals surface area contributed by atoms with Gasteiger partial charge in [-0.15, -0.1) is 0 Å². The number of rotatable bonds is 2. The Bertz CT molecular complexity index is 475. The summed E-state index contributed by atoms with van der Waals surface area (Å²) < 4.78 is 36.6. The Labute approximate surface area is 119 Å². The number of hydrogen-bond acceptors (Lipinski definition) is 3. The molecule has 1 aliphatic rings. The van der Waals surface area contributed by atoms with Crippen LogP contribution < -0.4 is 5.73 Å². The summed E-state index contributed by atoms with van der Waals surface area (Å²) in [5.41, 5.74) is 1.89. The topological polar surface area (TPSA) is 46.3 Å². The van der Waals surface area contributed by atoms with E-state index in [9.17, 15) is 18.0 Å². The largest absolute Gasteiger partial charge is 0.446 e. The average molecular weight is 304 g/mol. The molecule has 1 amide bonds. The van der Waals surface area contributed by atoms with E-state index in [4.69, 9.17) is 5.73 Å². The standard InChI is InChI=1S/C13H15F3N2OS/c14-13(15,16)20-11-5-3-9(4-6-11)12(19)18-7-1-2-10(17)8-18/h3-6,10H,1-2,7-8,17H2. The fourth-order valence-corrected chi connectivity index (χ4v) is 2.72. The minimum Gasteiger partial charge on any atom is -0.337 e. The molecule has 20 heavy (non-hydrogen) atoms. The van der Waals surface area contributed by atoms with Crippen LogP contribution in [0.15, 0.2) is 29.2 Å². The summed E-state index contributed by atoms with van der Waals surface area (Å²) in [6, 6.07) is 5.46. The summed E-state index contributed by atoms with van der Waals surface area (Å²) in [5, 5.41) is 0. The van der Waals surface area contributed by atoms with Crippen molar-refractivity contribution in [1.82, 2.24) is 4.90 Å². The molecular formula is C13H15F3N2OS. The maximum absolute atomic E-state index is 12.2. The van der Waals surface area contributed by atoms with Crippen molar-refractivity contribution in [3.05, 3.63) is 29.8 Å². The molecule has 1 aromatic rings. The van der Waals surface area contributed by atoms with Gasteiger partial charge >= 0.3 is 5.51 Å².